The minimum Gasteiger partial charge on any atom is -0.272 e. The summed E-state index contributed by atoms with van der Waals surface area (Å²) in [6.45, 7) is -1.45. The third-order valence-corrected chi connectivity index (χ3v) is 3.01. The Bertz CT molecular complexity index is 204. The maximum atomic E-state index is 11.6. The van der Waals surface area contributed by atoms with E-state index in [9.17, 15) is 18.0 Å². The normalized spacial score (nSPS) is 22.4. The molecule has 0 aromatic rings. The molecule has 0 aromatic heterocycles. The molecular formula is C7H10F3NO2S. The van der Waals surface area contributed by atoms with Crippen molar-refractivity contribution in [2.75, 3.05) is 12.4 Å². The first-order valence-corrected chi connectivity index (χ1v) is 5.14. The number of amides is 1. The fourth-order valence-electron chi connectivity index (χ4n) is 1.04. The van der Waals surface area contributed by atoms with Gasteiger partial charge >= 0.3 is 6.18 Å². The lowest BCUT2D eigenvalue weighted by Gasteiger charge is -2.10. The fourth-order valence-corrected chi connectivity index (χ4v) is 2.19. The van der Waals surface area contributed by atoms with Gasteiger partial charge in [0.25, 0.3) is 5.91 Å². The second kappa shape index (κ2) is 4.88. The second-order valence-corrected chi connectivity index (χ2v) is 4.18. The van der Waals surface area contributed by atoms with Gasteiger partial charge in [0.2, 0.25) is 0 Å². The molecule has 1 heterocycles. The highest BCUT2D eigenvalue weighted by molar-refractivity contribution is 8.00. The van der Waals surface area contributed by atoms with Crippen LogP contribution in [0.3, 0.4) is 0 Å². The molecule has 0 spiro atoms. The van der Waals surface area contributed by atoms with Crippen molar-refractivity contribution in [3.63, 3.8) is 0 Å². The Labute approximate surface area is 83.3 Å². The number of rotatable bonds is 3. The molecule has 82 valence electrons. The van der Waals surface area contributed by atoms with Crippen LogP contribution in [-0.2, 0) is 9.63 Å². The van der Waals surface area contributed by atoms with Gasteiger partial charge in [0.15, 0.2) is 6.61 Å². The Balaban J connectivity index is 2.15. The first kappa shape index (κ1) is 11.6. The lowest BCUT2D eigenvalue weighted by atomic mass is 10.2. The SMILES string of the molecule is O=C(NOCC(F)(F)F)C1CCCS1. The molecule has 0 radical (unpaired) electrons. The largest absolute Gasteiger partial charge is 0.414 e. The van der Waals surface area contributed by atoms with Crippen molar-refractivity contribution in [2.45, 2.75) is 24.3 Å². The van der Waals surface area contributed by atoms with E-state index in [2.05, 4.69) is 4.84 Å². The molecular weight excluding hydrogens is 219 g/mol. The molecule has 1 N–H and O–H groups in total. The molecule has 0 bridgehead atoms. The molecule has 0 saturated carbocycles. The van der Waals surface area contributed by atoms with Gasteiger partial charge < -0.3 is 0 Å². The summed E-state index contributed by atoms with van der Waals surface area (Å²) in [5.74, 6) is 0.397. The highest BCUT2D eigenvalue weighted by atomic mass is 32.2. The van der Waals surface area contributed by atoms with Gasteiger partial charge in [0.1, 0.15) is 0 Å². The van der Waals surface area contributed by atoms with E-state index in [-0.39, 0.29) is 5.25 Å². The molecule has 1 fully saturated rings. The van der Waals surface area contributed by atoms with Crippen molar-refractivity contribution in [1.29, 1.82) is 0 Å². The van der Waals surface area contributed by atoms with Gasteiger partial charge in [-0.15, -0.1) is 11.8 Å². The maximum absolute atomic E-state index is 11.6. The van der Waals surface area contributed by atoms with Crippen molar-refractivity contribution >= 4 is 17.7 Å². The smallest absolute Gasteiger partial charge is 0.272 e. The van der Waals surface area contributed by atoms with Gasteiger partial charge in [0.05, 0.1) is 5.25 Å². The van der Waals surface area contributed by atoms with Gasteiger partial charge in [-0.3, -0.25) is 9.63 Å². The molecule has 14 heavy (non-hydrogen) atoms. The topological polar surface area (TPSA) is 38.3 Å². The van der Waals surface area contributed by atoms with Crippen LogP contribution in [0.15, 0.2) is 0 Å². The van der Waals surface area contributed by atoms with Crippen LogP contribution in [0.1, 0.15) is 12.8 Å². The Morgan fingerprint density at radius 2 is 2.29 bits per heavy atom. The molecule has 1 aliphatic rings. The number of halogens is 3. The zero-order chi connectivity index (χ0) is 10.6. The number of hydroxylamine groups is 1. The van der Waals surface area contributed by atoms with E-state index in [1.54, 1.807) is 5.48 Å². The first-order valence-electron chi connectivity index (χ1n) is 4.09. The van der Waals surface area contributed by atoms with E-state index in [0.717, 1.165) is 12.2 Å². The lowest BCUT2D eigenvalue weighted by Crippen LogP contribution is -2.34. The molecule has 1 atom stereocenters. The molecule has 7 heteroatoms. The Morgan fingerprint density at radius 3 is 2.79 bits per heavy atom. The van der Waals surface area contributed by atoms with Gasteiger partial charge in [-0.05, 0) is 18.6 Å². The summed E-state index contributed by atoms with van der Waals surface area (Å²) in [6.07, 6.45) is -2.79. The zero-order valence-corrected chi connectivity index (χ0v) is 8.08. The van der Waals surface area contributed by atoms with E-state index in [0.29, 0.717) is 6.42 Å². The molecule has 1 rings (SSSR count). The summed E-state index contributed by atoms with van der Waals surface area (Å²) in [4.78, 5) is 15.1. The summed E-state index contributed by atoms with van der Waals surface area (Å²) < 4.78 is 34.8. The van der Waals surface area contributed by atoms with Crippen LogP contribution in [0.4, 0.5) is 13.2 Å². The number of hydrogen-bond donors (Lipinski definition) is 1. The van der Waals surface area contributed by atoms with Crippen molar-refractivity contribution in [3.05, 3.63) is 0 Å². The van der Waals surface area contributed by atoms with Crippen molar-refractivity contribution in [1.82, 2.24) is 5.48 Å². The minimum absolute atomic E-state index is 0.261. The summed E-state index contributed by atoms with van der Waals surface area (Å²) in [5.41, 5.74) is 1.80. The predicted octanol–water partition coefficient (Wildman–Crippen LogP) is 1.49. The Morgan fingerprint density at radius 1 is 1.57 bits per heavy atom. The highest BCUT2D eigenvalue weighted by Crippen LogP contribution is 2.26. The van der Waals surface area contributed by atoms with Crippen LogP contribution >= 0.6 is 11.8 Å². The maximum Gasteiger partial charge on any atom is 0.414 e. The monoisotopic (exact) mass is 229 g/mol. The van der Waals surface area contributed by atoms with Gasteiger partial charge in [0, 0.05) is 0 Å². The molecule has 1 unspecified atom stereocenters. The first-order chi connectivity index (χ1) is 6.49. The fraction of sp³-hybridized carbons (Fsp3) is 0.857. The summed E-state index contributed by atoms with van der Waals surface area (Å²) in [6, 6.07) is 0. The number of hydrogen-bond acceptors (Lipinski definition) is 3. The molecule has 3 nitrogen and oxygen atoms in total. The second-order valence-electron chi connectivity index (χ2n) is 2.87. The summed E-state index contributed by atoms with van der Waals surface area (Å²) in [7, 11) is 0. The molecule has 1 aliphatic heterocycles. The van der Waals surface area contributed by atoms with Gasteiger partial charge in [-0.2, -0.15) is 13.2 Å². The van der Waals surface area contributed by atoms with Crippen LogP contribution in [0, 0.1) is 0 Å². The van der Waals surface area contributed by atoms with E-state index in [1.165, 1.54) is 11.8 Å². The van der Waals surface area contributed by atoms with E-state index in [4.69, 9.17) is 0 Å². The minimum atomic E-state index is -4.41. The Hall–Kier alpha value is -0.430. The number of thioether (sulfide) groups is 1. The average Bonchev–Trinajstić information content (AvgIpc) is 2.53. The molecule has 0 aromatic carbocycles. The summed E-state index contributed by atoms with van der Waals surface area (Å²) in [5, 5.41) is -0.261. The van der Waals surface area contributed by atoms with Crippen molar-refractivity contribution in [3.8, 4) is 0 Å². The van der Waals surface area contributed by atoms with E-state index >= 15 is 0 Å². The summed E-state index contributed by atoms with van der Waals surface area (Å²) >= 11 is 1.44. The number of carbonyl (C=O) groups excluding carboxylic acids is 1. The van der Waals surface area contributed by atoms with Crippen LogP contribution in [0.2, 0.25) is 0 Å². The van der Waals surface area contributed by atoms with Crippen LogP contribution in [-0.4, -0.2) is 29.7 Å². The van der Waals surface area contributed by atoms with E-state index in [1.807, 2.05) is 0 Å². The highest BCUT2D eigenvalue weighted by Gasteiger charge is 2.29. The van der Waals surface area contributed by atoms with Crippen LogP contribution in [0.5, 0.6) is 0 Å². The average molecular weight is 229 g/mol. The number of nitrogens with one attached hydrogen (secondary N) is 1. The third kappa shape index (κ3) is 4.19. The van der Waals surface area contributed by atoms with Crippen molar-refractivity contribution < 1.29 is 22.8 Å². The lowest BCUT2D eigenvalue weighted by molar-refractivity contribution is -0.191. The van der Waals surface area contributed by atoms with E-state index < -0.39 is 18.7 Å². The quantitative estimate of drug-likeness (QED) is 0.745. The van der Waals surface area contributed by atoms with Crippen LogP contribution in [0.25, 0.3) is 0 Å². The number of carbonyl (C=O) groups is 1. The van der Waals surface area contributed by atoms with Crippen LogP contribution < -0.4 is 5.48 Å². The predicted molar refractivity (Wildman–Crippen MR) is 45.6 cm³/mol. The molecule has 0 aliphatic carbocycles. The molecule has 1 amide bonds. The number of alkyl halides is 3. The Kier molecular flexibility index (Phi) is 4.06. The standard InChI is InChI=1S/C7H10F3NO2S/c8-7(9,10)4-13-11-6(12)5-2-1-3-14-5/h5H,1-4H2,(H,11,12). The van der Waals surface area contributed by atoms with Crippen molar-refractivity contribution in [2.24, 2.45) is 0 Å². The molecule has 1 saturated heterocycles. The van der Waals surface area contributed by atoms with Gasteiger partial charge in [-0.1, -0.05) is 0 Å². The third-order valence-electron chi connectivity index (χ3n) is 1.63. The zero-order valence-electron chi connectivity index (χ0n) is 7.26. The van der Waals surface area contributed by atoms with Gasteiger partial charge in [-0.25, -0.2) is 5.48 Å².